The van der Waals surface area contributed by atoms with Gasteiger partial charge in [-0.1, -0.05) is 30.3 Å². The molecule has 0 aliphatic rings. The lowest BCUT2D eigenvalue weighted by molar-refractivity contribution is -0.148. The average molecular weight is 481 g/mol. The Morgan fingerprint density at radius 3 is 2.46 bits per heavy atom. The van der Waals surface area contributed by atoms with Gasteiger partial charge in [0, 0.05) is 22.9 Å². The van der Waals surface area contributed by atoms with E-state index in [-0.39, 0.29) is 5.75 Å². The van der Waals surface area contributed by atoms with Gasteiger partial charge in [-0.05, 0) is 42.8 Å². The number of carbonyl (C=O) groups excluding carboxylic acids is 2. The van der Waals surface area contributed by atoms with Crippen molar-refractivity contribution in [2.75, 3.05) is 12.4 Å². The smallest absolute Gasteiger partial charge is 0.387 e. The maximum Gasteiger partial charge on any atom is 0.387 e. The van der Waals surface area contributed by atoms with Gasteiger partial charge in [-0.2, -0.15) is 8.78 Å². The van der Waals surface area contributed by atoms with Crippen LogP contribution >= 0.6 is 0 Å². The minimum atomic E-state index is -2.92. The molecule has 1 aromatic heterocycles. The highest BCUT2D eigenvalue weighted by molar-refractivity contribution is 6.08. The minimum absolute atomic E-state index is 0.00119. The molecule has 180 valence electrons. The Bertz CT molecular complexity index is 1390. The number of ether oxygens (including phenoxy) is 3. The lowest BCUT2D eigenvalue weighted by Crippen LogP contribution is -2.29. The van der Waals surface area contributed by atoms with E-state index in [0.717, 1.165) is 16.8 Å². The largest absolute Gasteiger partial charge is 0.495 e. The maximum atomic E-state index is 12.7. The number of methoxy groups -OCH3 is 1. The average Bonchev–Trinajstić information content (AvgIpc) is 3.20. The van der Waals surface area contributed by atoms with Crippen LogP contribution in [0.5, 0.6) is 11.5 Å². The van der Waals surface area contributed by atoms with Gasteiger partial charge in [0.25, 0.3) is 5.91 Å². The molecule has 3 aromatic carbocycles. The lowest BCUT2D eigenvalue weighted by Gasteiger charge is -2.14. The molecule has 7 nitrogen and oxygen atoms in total. The zero-order valence-corrected chi connectivity index (χ0v) is 18.8. The van der Waals surface area contributed by atoms with Crippen LogP contribution in [0.1, 0.15) is 12.5 Å². The molecular formula is C26H21F2NO6. The van der Waals surface area contributed by atoms with Crippen LogP contribution in [-0.2, 0) is 14.3 Å². The second-order valence-electron chi connectivity index (χ2n) is 7.50. The summed E-state index contributed by atoms with van der Waals surface area (Å²) in [6.45, 7) is -1.48. The number of esters is 1. The highest BCUT2D eigenvalue weighted by Crippen LogP contribution is 2.36. The molecule has 1 amide bonds. The van der Waals surface area contributed by atoms with Crippen molar-refractivity contribution in [2.24, 2.45) is 0 Å². The van der Waals surface area contributed by atoms with E-state index in [1.807, 2.05) is 24.3 Å². The van der Waals surface area contributed by atoms with Crippen molar-refractivity contribution in [3.63, 3.8) is 0 Å². The van der Waals surface area contributed by atoms with Gasteiger partial charge in [0.1, 0.15) is 22.7 Å². The highest BCUT2D eigenvalue weighted by Gasteiger charge is 2.20. The summed E-state index contributed by atoms with van der Waals surface area (Å²) >= 11 is 0. The fourth-order valence-electron chi connectivity index (χ4n) is 3.44. The van der Waals surface area contributed by atoms with Crippen molar-refractivity contribution < 1.29 is 37.0 Å². The predicted molar refractivity (Wildman–Crippen MR) is 127 cm³/mol. The van der Waals surface area contributed by atoms with E-state index in [1.165, 1.54) is 44.4 Å². The Kier molecular flexibility index (Phi) is 6.96. The summed E-state index contributed by atoms with van der Waals surface area (Å²) in [4.78, 5) is 24.8. The second kappa shape index (κ2) is 10.3. The third-order valence-corrected chi connectivity index (χ3v) is 5.14. The molecule has 0 saturated carbocycles. The fourth-order valence-corrected chi connectivity index (χ4v) is 3.44. The van der Waals surface area contributed by atoms with Crippen LogP contribution in [-0.4, -0.2) is 31.7 Å². The van der Waals surface area contributed by atoms with Crippen LogP contribution in [0.2, 0.25) is 0 Å². The number of nitrogens with one attached hydrogen (secondary N) is 1. The third-order valence-electron chi connectivity index (χ3n) is 5.14. The molecule has 1 N–H and O–H groups in total. The molecule has 0 aliphatic carbocycles. The molecule has 0 saturated heterocycles. The van der Waals surface area contributed by atoms with Gasteiger partial charge >= 0.3 is 12.6 Å². The summed E-state index contributed by atoms with van der Waals surface area (Å²) < 4.78 is 45.1. The fraction of sp³-hybridized carbons (Fsp3) is 0.154. The van der Waals surface area contributed by atoms with Crippen LogP contribution in [0.3, 0.4) is 0 Å². The highest BCUT2D eigenvalue weighted by atomic mass is 19.3. The number of para-hydroxylation sites is 1. The molecular weight excluding hydrogens is 460 g/mol. The lowest BCUT2D eigenvalue weighted by atomic mass is 10.1. The zero-order chi connectivity index (χ0) is 24.9. The first-order chi connectivity index (χ1) is 16.8. The molecule has 1 atom stereocenters. The molecule has 0 bridgehead atoms. The van der Waals surface area contributed by atoms with Gasteiger partial charge in [-0.3, -0.25) is 4.79 Å². The van der Waals surface area contributed by atoms with Crippen LogP contribution in [0.25, 0.3) is 28.0 Å². The number of rotatable bonds is 8. The number of furan rings is 1. The van der Waals surface area contributed by atoms with E-state index in [1.54, 1.807) is 12.1 Å². The zero-order valence-electron chi connectivity index (χ0n) is 18.8. The number of amides is 1. The van der Waals surface area contributed by atoms with E-state index in [4.69, 9.17) is 13.9 Å². The molecule has 0 radical (unpaired) electrons. The van der Waals surface area contributed by atoms with Gasteiger partial charge < -0.3 is 23.9 Å². The van der Waals surface area contributed by atoms with Crippen LogP contribution in [0, 0.1) is 0 Å². The van der Waals surface area contributed by atoms with E-state index in [2.05, 4.69) is 10.1 Å². The molecule has 0 fully saturated rings. The summed E-state index contributed by atoms with van der Waals surface area (Å²) in [5.41, 5.74) is 2.20. The maximum absolute atomic E-state index is 12.7. The Morgan fingerprint density at radius 1 is 1.00 bits per heavy atom. The number of alkyl halides is 2. The summed E-state index contributed by atoms with van der Waals surface area (Å²) in [5.74, 6) is -0.884. The quantitative estimate of drug-likeness (QED) is 0.254. The topological polar surface area (TPSA) is 87.0 Å². The first-order valence-electron chi connectivity index (χ1n) is 10.6. The summed E-state index contributed by atoms with van der Waals surface area (Å²) in [6.07, 6.45) is 1.45. The van der Waals surface area contributed by atoms with E-state index >= 15 is 0 Å². The van der Waals surface area contributed by atoms with Gasteiger partial charge in [-0.25, -0.2) is 4.79 Å². The normalized spacial score (nSPS) is 12.3. The van der Waals surface area contributed by atoms with E-state index in [0.29, 0.717) is 28.2 Å². The number of benzene rings is 3. The summed E-state index contributed by atoms with van der Waals surface area (Å²) in [5, 5.41) is 4.46. The van der Waals surface area contributed by atoms with Gasteiger partial charge in [0.2, 0.25) is 0 Å². The van der Waals surface area contributed by atoms with Crippen molar-refractivity contribution in [1.82, 2.24) is 0 Å². The molecule has 1 unspecified atom stereocenters. The molecule has 4 rings (SSSR count). The second-order valence-corrected chi connectivity index (χ2v) is 7.50. The van der Waals surface area contributed by atoms with E-state index < -0.39 is 24.6 Å². The number of fused-ring (bicyclic) bond motifs is 3. The number of anilines is 1. The van der Waals surface area contributed by atoms with Crippen molar-refractivity contribution in [2.45, 2.75) is 19.6 Å². The van der Waals surface area contributed by atoms with Crippen LogP contribution in [0.15, 0.2) is 71.2 Å². The van der Waals surface area contributed by atoms with Gasteiger partial charge in [-0.15, -0.1) is 0 Å². The van der Waals surface area contributed by atoms with Crippen molar-refractivity contribution in [3.8, 4) is 11.5 Å². The number of hydrogen-bond donors (Lipinski definition) is 1. The predicted octanol–water partition coefficient (Wildman–Crippen LogP) is 5.78. The van der Waals surface area contributed by atoms with Gasteiger partial charge in [0.15, 0.2) is 6.10 Å². The van der Waals surface area contributed by atoms with Crippen LogP contribution < -0.4 is 14.8 Å². The van der Waals surface area contributed by atoms with Crippen molar-refractivity contribution >= 4 is 45.6 Å². The molecule has 9 heteroatoms. The molecule has 4 aromatic rings. The molecule has 35 heavy (non-hydrogen) atoms. The SMILES string of the molecule is COc1cc2c(cc1NC(=O)C(C)OC(=O)C=Cc1ccc(OC(F)F)cc1)oc1ccccc12. The first kappa shape index (κ1) is 23.7. The number of halogens is 2. The molecule has 1 heterocycles. The first-order valence-corrected chi connectivity index (χ1v) is 10.6. The van der Waals surface area contributed by atoms with Crippen LogP contribution in [0.4, 0.5) is 14.5 Å². The molecule has 0 spiro atoms. The Hall–Kier alpha value is -4.40. The number of hydrogen-bond acceptors (Lipinski definition) is 6. The summed E-state index contributed by atoms with van der Waals surface area (Å²) in [6, 6.07) is 16.7. The monoisotopic (exact) mass is 481 g/mol. The van der Waals surface area contributed by atoms with Crippen molar-refractivity contribution in [3.05, 3.63) is 72.3 Å². The third kappa shape index (κ3) is 5.57. The van der Waals surface area contributed by atoms with Crippen molar-refractivity contribution in [1.29, 1.82) is 0 Å². The van der Waals surface area contributed by atoms with E-state index in [9.17, 15) is 18.4 Å². The Balaban J connectivity index is 1.41. The Morgan fingerprint density at radius 2 is 1.74 bits per heavy atom. The Labute approximate surface area is 198 Å². The summed E-state index contributed by atoms with van der Waals surface area (Å²) in [7, 11) is 1.49. The standard InChI is InChI=1S/C26H21F2NO6/c1-15(33-24(30)12-9-16-7-10-17(11-8-16)34-26(27)28)25(31)29-20-14-22-19(13-23(20)32-2)18-5-3-4-6-21(18)35-22/h3-15,26H,1-2H3,(H,29,31). The molecule has 0 aliphatic heterocycles. The minimum Gasteiger partial charge on any atom is -0.495 e. The van der Waals surface area contributed by atoms with Gasteiger partial charge in [0.05, 0.1) is 12.8 Å². The number of carbonyl (C=O) groups is 2.